The Balaban J connectivity index is 2.17. The maximum atomic E-state index is 5.76. The molecule has 2 unspecified atom stereocenters. The molecule has 0 aromatic carbocycles. The third kappa shape index (κ3) is 4.19. The van der Waals surface area contributed by atoms with Gasteiger partial charge in [-0.25, -0.2) is 0 Å². The first kappa shape index (κ1) is 11.1. The Labute approximate surface area is 87.0 Å². The van der Waals surface area contributed by atoms with E-state index in [0.29, 0.717) is 12.7 Å². The van der Waals surface area contributed by atoms with Crippen LogP contribution in [0, 0.1) is 5.92 Å². The number of ether oxygens (including phenoxy) is 1. The zero-order chi connectivity index (χ0) is 9.68. The standard InChI is InChI=1S/C11H20OS/c1-9-4-3-5-11(6-9)12-7-10(2)8-13/h9,11,13H,2-8H2,1H3. The lowest BCUT2D eigenvalue weighted by Crippen LogP contribution is -2.22. The van der Waals surface area contributed by atoms with Gasteiger partial charge in [0.2, 0.25) is 0 Å². The molecule has 0 aromatic heterocycles. The van der Waals surface area contributed by atoms with E-state index in [1.807, 2.05) is 0 Å². The summed E-state index contributed by atoms with van der Waals surface area (Å²) < 4.78 is 5.76. The van der Waals surface area contributed by atoms with E-state index in [4.69, 9.17) is 4.74 Å². The molecule has 0 saturated heterocycles. The molecule has 1 fully saturated rings. The number of rotatable bonds is 4. The Hall–Kier alpha value is 0.0500. The average Bonchev–Trinajstić information content (AvgIpc) is 2.14. The number of thiol groups is 1. The average molecular weight is 200 g/mol. The van der Waals surface area contributed by atoms with Crippen molar-refractivity contribution < 1.29 is 4.74 Å². The fourth-order valence-corrected chi connectivity index (χ4v) is 1.90. The molecule has 1 nitrogen and oxygen atoms in total. The largest absolute Gasteiger partial charge is 0.374 e. The smallest absolute Gasteiger partial charge is 0.0685 e. The first-order valence-electron chi connectivity index (χ1n) is 5.11. The zero-order valence-electron chi connectivity index (χ0n) is 8.46. The summed E-state index contributed by atoms with van der Waals surface area (Å²) in [6.45, 7) is 6.88. The van der Waals surface area contributed by atoms with Crippen molar-refractivity contribution in [3.63, 3.8) is 0 Å². The molecule has 0 aromatic rings. The molecule has 1 aliphatic rings. The third-order valence-electron chi connectivity index (χ3n) is 2.64. The number of hydrogen-bond acceptors (Lipinski definition) is 2. The van der Waals surface area contributed by atoms with Crippen LogP contribution >= 0.6 is 12.6 Å². The Morgan fingerprint density at radius 3 is 2.92 bits per heavy atom. The third-order valence-corrected chi connectivity index (χ3v) is 3.08. The minimum Gasteiger partial charge on any atom is -0.374 e. The fourth-order valence-electron chi connectivity index (χ4n) is 1.81. The molecule has 13 heavy (non-hydrogen) atoms. The van der Waals surface area contributed by atoms with Crippen LogP contribution in [-0.2, 0) is 4.74 Å². The second-order valence-electron chi connectivity index (χ2n) is 4.11. The summed E-state index contributed by atoms with van der Waals surface area (Å²) in [5.41, 5.74) is 1.08. The molecular weight excluding hydrogens is 180 g/mol. The van der Waals surface area contributed by atoms with E-state index in [-0.39, 0.29) is 0 Å². The second kappa shape index (κ2) is 5.71. The van der Waals surface area contributed by atoms with Gasteiger partial charge in [0.1, 0.15) is 0 Å². The summed E-state index contributed by atoms with van der Waals surface area (Å²) in [6.07, 6.45) is 5.61. The van der Waals surface area contributed by atoms with Crippen molar-refractivity contribution in [1.82, 2.24) is 0 Å². The summed E-state index contributed by atoms with van der Waals surface area (Å²) in [5, 5.41) is 0. The normalized spacial score (nSPS) is 28.8. The van der Waals surface area contributed by atoms with E-state index in [9.17, 15) is 0 Å². The van der Waals surface area contributed by atoms with Crippen LogP contribution in [0.3, 0.4) is 0 Å². The van der Waals surface area contributed by atoms with Crippen LogP contribution in [0.4, 0.5) is 0 Å². The summed E-state index contributed by atoms with van der Waals surface area (Å²) in [6, 6.07) is 0. The van der Waals surface area contributed by atoms with Gasteiger partial charge in [-0.1, -0.05) is 26.3 Å². The molecule has 0 amide bonds. The summed E-state index contributed by atoms with van der Waals surface area (Å²) >= 11 is 4.15. The molecule has 1 aliphatic carbocycles. The van der Waals surface area contributed by atoms with Crippen LogP contribution in [0.5, 0.6) is 0 Å². The summed E-state index contributed by atoms with van der Waals surface area (Å²) in [7, 11) is 0. The highest BCUT2D eigenvalue weighted by molar-refractivity contribution is 7.80. The van der Waals surface area contributed by atoms with Crippen molar-refractivity contribution in [2.45, 2.75) is 38.7 Å². The molecular formula is C11H20OS. The van der Waals surface area contributed by atoms with Gasteiger partial charge in [-0.2, -0.15) is 12.6 Å². The SMILES string of the molecule is C=C(CS)COC1CCCC(C)C1. The van der Waals surface area contributed by atoms with Crippen LogP contribution < -0.4 is 0 Å². The van der Waals surface area contributed by atoms with Crippen LogP contribution in [0.15, 0.2) is 12.2 Å². The molecule has 76 valence electrons. The summed E-state index contributed by atoms with van der Waals surface area (Å²) in [4.78, 5) is 0. The fraction of sp³-hybridized carbons (Fsp3) is 0.818. The van der Waals surface area contributed by atoms with E-state index in [0.717, 1.165) is 17.2 Å². The molecule has 2 heteroatoms. The topological polar surface area (TPSA) is 9.23 Å². The van der Waals surface area contributed by atoms with Gasteiger partial charge in [0.15, 0.2) is 0 Å². The first-order valence-corrected chi connectivity index (χ1v) is 5.74. The maximum Gasteiger partial charge on any atom is 0.0685 e. The monoisotopic (exact) mass is 200 g/mol. The lowest BCUT2D eigenvalue weighted by atomic mass is 9.89. The van der Waals surface area contributed by atoms with Crippen molar-refractivity contribution >= 4 is 12.6 Å². The van der Waals surface area contributed by atoms with E-state index >= 15 is 0 Å². The van der Waals surface area contributed by atoms with E-state index < -0.39 is 0 Å². The first-order chi connectivity index (χ1) is 6.22. The highest BCUT2D eigenvalue weighted by Crippen LogP contribution is 2.25. The Bertz CT molecular complexity index is 167. The van der Waals surface area contributed by atoms with Crippen LogP contribution in [0.2, 0.25) is 0 Å². The van der Waals surface area contributed by atoms with Crippen molar-refractivity contribution in [2.75, 3.05) is 12.4 Å². The molecule has 0 radical (unpaired) electrons. The van der Waals surface area contributed by atoms with Crippen molar-refractivity contribution in [3.05, 3.63) is 12.2 Å². The molecule has 1 saturated carbocycles. The predicted molar refractivity (Wildman–Crippen MR) is 60.4 cm³/mol. The van der Waals surface area contributed by atoms with E-state index in [1.54, 1.807) is 0 Å². The van der Waals surface area contributed by atoms with Crippen LogP contribution in [-0.4, -0.2) is 18.5 Å². The predicted octanol–water partition coefficient (Wildman–Crippen LogP) is 3.07. The van der Waals surface area contributed by atoms with Gasteiger partial charge in [-0.05, 0) is 24.3 Å². The maximum absolute atomic E-state index is 5.76. The van der Waals surface area contributed by atoms with Gasteiger partial charge in [0.05, 0.1) is 12.7 Å². The molecule has 0 bridgehead atoms. The Morgan fingerprint density at radius 1 is 1.54 bits per heavy atom. The lowest BCUT2D eigenvalue weighted by Gasteiger charge is -2.26. The highest BCUT2D eigenvalue weighted by Gasteiger charge is 2.18. The van der Waals surface area contributed by atoms with Gasteiger partial charge in [0.25, 0.3) is 0 Å². The highest BCUT2D eigenvalue weighted by atomic mass is 32.1. The van der Waals surface area contributed by atoms with Gasteiger partial charge in [-0.3, -0.25) is 0 Å². The second-order valence-corrected chi connectivity index (χ2v) is 4.43. The summed E-state index contributed by atoms with van der Waals surface area (Å²) in [5.74, 6) is 1.57. The van der Waals surface area contributed by atoms with E-state index in [2.05, 4.69) is 26.1 Å². The van der Waals surface area contributed by atoms with E-state index in [1.165, 1.54) is 25.7 Å². The zero-order valence-corrected chi connectivity index (χ0v) is 9.35. The van der Waals surface area contributed by atoms with Gasteiger partial charge in [-0.15, -0.1) is 0 Å². The lowest BCUT2D eigenvalue weighted by molar-refractivity contribution is 0.0289. The van der Waals surface area contributed by atoms with Crippen LogP contribution in [0.1, 0.15) is 32.6 Å². The minimum atomic E-state index is 0.473. The Morgan fingerprint density at radius 2 is 2.31 bits per heavy atom. The van der Waals surface area contributed by atoms with Gasteiger partial charge >= 0.3 is 0 Å². The molecule has 0 N–H and O–H groups in total. The molecule has 2 atom stereocenters. The molecule has 0 heterocycles. The van der Waals surface area contributed by atoms with Gasteiger partial charge in [0, 0.05) is 5.75 Å². The molecule has 1 rings (SSSR count). The van der Waals surface area contributed by atoms with Crippen molar-refractivity contribution in [2.24, 2.45) is 5.92 Å². The molecule has 0 spiro atoms. The molecule has 0 aliphatic heterocycles. The van der Waals surface area contributed by atoms with Gasteiger partial charge < -0.3 is 4.74 Å². The Kier molecular flexibility index (Phi) is 4.89. The van der Waals surface area contributed by atoms with Crippen molar-refractivity contribution in [1.29, 1.82) is 0 Å². The minimum absolute atomic E-state index is 0.473. The van der Waals surface area contributed by atoms with Crippen molar-refractivity contribution in [3.8, 4) is 0 Å². The number of hydrogen-bond donors (Lipinski definition) is 1. The quantitative estimate of drug-likeness (QED) is 0.542. The van der Waals surface area contributed by atoms with Crippen LogP contribution in [0.25, 0.3) is 0 Å².